The van der Waals surface area contributed by atoms with E-state index < -0.39 is 0 Å². The molecule has 0 aliphatic carbocycles. The quantitative estimate of drug-likeness (QED) is 0.106. The molecule has 0 atom stereocenters. The zero-order valence-electron chi connectivity index (χ0n) is 70.0. The Bertz CT molecular complexity index is 8980. The predicted octanol–water partition coefficient (Wildman–Crippen LogP) is 33.7. The molecule has 0 fully saturated rings. The first kappa shape index (κ1) is 74.0. The molecule has 130 heavy (non-hydrogen) atoms. The highest BCUT2D eigenvalue weighted by atomic mass is 16.3. The minimum atomic E-state index is 0.540. The van der Waals surface area contributed by atoms with Gasteiger partial charge in [-0.05, 0) is 189 Å². The van der Waals surface area contributed by atoms with Gasteiger partial charge in [0.1, 0.15) is 44.7 Å². The van der Waals surface area contributed by atoms with Crippen molar-refractivity contribution in [1.82, 2.24) is 19.9 Å². The Morgan fingerprint density at radius 2 is 0.431 bits per heavy atom. The lowest BCUT2D eigenvalue weighted by Gasteiger charge is -2.22. The van der Waals surface area contributed by atoms with E-state index in [0.29, 0.717) is 40.0 Å². The van der Waals surface area contributed by atoms with Crippen LogP contribution in [0, 0.1) is 0 Å². The SMILES string of the molecule is c1ccc(-c2c(-c3cccc4ccccc34)ccc(-c3nc(-c4cccc5c4oc4ccccc45)cc(-c4cccc5c4oc4ccccc45)n3)c2-c2ccc(-c3cccc(-c4ccc(-c5cc(-c6cccc7c6oc6ccccc67)nc(-c6ccc(-c7cccc8ccccc78)c(-c7ccccc7)c6-c6cccc7ccccc67)n5)c5oc6ccccc6c45)c3)cc2)cc1. The van der Waals surface area contributed by atoms with Gasteiger partial charge in [-0.15, -0.1) is 0 Å². The Balaban J connectivity index is 0.660. The van der Waals surface area contributed by atoms with Crippen LogP contribution in [0.15, 0.2) is 454 Å². The summed E-state index contributed by atoms with van der Waals surface area (Å²) in [4.78, 5) is 23.3. The Morgan fingerprint density at radius 1 is 0.146 bits per heavy atom. The van der Waals surface area contributed by atoms with Crippen molar-refractivity contribution in [2.45, 2.75) is 0 Å². The standard InChI is InChI=1S/C122H72N4O4/c1-3-31-77(32-4-1)112-92(86-47-22-35-74-28-7-10-40-82(74)86)65-68-102(121-123-104(97-53-25-50-94-88-43-13-17-56-108(88)127-117(94)97)71-105(124-121)98-54-26-51-95-89-44-14-18-57-109(89)128-118(95)98)114(112)79-62-60-73(61-63-79)80-38-21-39-81(70-80)85-64-67-100(120-116(85)101-46-16-20-59-111(101)130-120)107-72-106(99-55-27-52-96-90-45-15-19-58-110(90)129-119(96)99)125-122(126-107)103-69-66-93(87-48-23-36-75-29-8-11-41-83(75)87)113(78-33-5-2-6-34-78)115(103)91-49-24-37-76-30-9-12-42-84(76)91/h1-72H. The molecule has 0 aliphatic rings. The molecule has 0 bridgehead atoms. The topological polar surface area (TPSA) is 104 Å². The Morgan fingerprint density at radius 3 is 0.908 bits per heavy atom. The summed E-state index contributed by atoms with van der Waals surface area (Å²) in [7, 11) is 0. The summed E-state index contributed by atoms with van der Waals surface area (Å²) in [5.41, 5.74) is 30.7. The van der Waals surface area contributed by atoms with E-state index in [1.54, 1.807) is 0 Å². The monoisotopic (exact) mass is 1660 g/mol. The molecule has 0 spiro atoms. The molecule has 604 valence electrons. The van der Waals surface area contributed by atoms with Gasteiger partial charge in [-0.25, -0.2) is 19.9 Å². The van der Waals surface area contributed by atoms with E-state index >= 15 is 0 Å². The molecular formula is C122H72N4O4. The van der Waals surface area contributed by atoms with Gasteiger partial charge < -0.3 is 17.7 Å². The molecule has 6 heterocycles. The van der Waals surface area contributed by atoms with E-state index in [4.69, 9.17) is 37.6 Å². The fourth-order valence-electron chi connectivity index (χ4n) is 20.3. The summed E-state index contributed by atoms with van der Waals surface area (Å²) in [6.07, 6.45) is 0. The van der Waals surface area contributed by atoms with Crippen molar-refractivity contribution in [3.05, 3.63) is 437 Å². The van der Waals surface area contributed by atoms with Crippen LogP contribution in [0.5, 0.6) is 0 Å². The van der Waals surface area contributed by atoms with Crippen LogP contribution in [0.1, 0.15) is 0 Å². The van der Waals surface area contributed by atoms with Crippen LogP contribution < -0.4 is 0 Å². The van der Waals surface area contributed by atoms with Crippen molar-refractivity contribution in [3.63, 3.8) is 0 Å². The molecule has 20 aromatic carbocycles. The number of hydrogen-bond donors (Lipinski definition) is 0. The Kier molecular flexibility index (Phi) is 17.2. The number of aromatic nitrogens is 4. The number of para-hydroxylation sites is 7. The van der Waals surface area contributed by atoms with Crippen molar-refractivity contribution in [1.29, 1.82) is 0 Å². The third kappa shape index (κ3) is 12.1. The van der Waals surface area contributed by atoms with Gasteiger partial charge in [-0.1, -0.05) is 358 Å². The first-order valence-electron chi connectivity index (χ1n) is 44.0. The van der Waals surface area contributed by atoms with Gasteiger partial charge in [0, 0.05) is 87.6 Å². The summed E-state index contributed by atoms with van der Waals surface area (Å²) in [5.74, 6) is 1.08. The first-order chi connectivity index (χ1) is 64.5. The lowest BCUT2D eigenvalue weighted by molar-refractivity contribution is 0.669. The van der Waals surface area contributed by atoms with Gasteiger partial charge in [-0.3, -0.25) is 0 Å². The van der Waals surface area contributed by atoms with Gasteiger partial charge in [-0.2, -0.15) is 0 Å². The average molecular weight is 1660 g/mol. The third-order valence-electron chi connectivity index (χ3n) is 26.2. The smallest absolute Gasteiger partial charge is 0.161 e. The molecule has 8 nitrogen and oxygen atoms in total. The summed E-state index contributed by atoms with van der Waals surface area (Å²) >= 11 is 0. The Labute approximate surface area is 746 Å². The number of rotatable bonds is 14. The normalized spacial score (nSPS) is 11.8. The highest BCUT2D eigenvalue weighted by Gasteiger charge is 2.30. The van der Waals surface area contributed by atoms with Gasteiger partial charge in [0.05, 0.1) is 22.8 Å². The van der Waals surface area contributed by atoms with E-state index in [9.17, 15) is 0 Å². The second-order valence-electron chi connectivity index (χ2n) is 33.5. The van der Waals surface area contributed by atoms with E-state index in [1.165, 1.54) is 0 Å². The van der Waals surface area contributed by atoms with Crippen LogP contribution in [-0.4, -0.2) is 19.9 Å². The molecule has 6 aromatic heterocycles. The molecule has 0 saturated carbocycles. The van der Waals surface area contributed by atoms with E-state index in [-0.39, 0.29) is 0 Å². The molecule has 0 unspecified atom stereocenters. The number of nitrogens with zero attached hydrogens (tertiary/aromatic N) is 4. The van der Waals surface area contributed by atoms with Crippen LogP contribution in [0.25, 0.3) is 277 Å². The van der Waals surface area contributed by atoms with Gasteiger partial charge in [0.2, 0.25) is 0 Å². The number of benzene rings is 20. The fraction of sp³-hybridized carbons (Fsp3) is 0. The Hall–Kier alpha value is -17.5. The van der Waals surface area contributed by atoms with Crippen molar-refractivity contribution in [2.24, 2.45) is 0 Å². The first-order valence-corrected chi connectivity index (χ1v) is 44.0. The van der Waals surface area contributed by atoms with Gasteiger partial charge >= 0.3 is 0 Å². The number of furan rings is 4. The largest absolute Gasteiger partial charge is 0.455 e. The summed E-state index contributed by atoms with van der Waals surface area (Å²) in [6, 6.07) is 155. The van der Waals surface area contributed by atoms with Crippen molar-refractivity contribution >= 4 is 120 Å². The van der Waals surface area contributed by atoms with Crippen molar-refractivity contribution < 1.29 is 17.7 Å². The molecule has 0 radical (unpaired) electrons. The average Bonchev–Trinajstić information content (AvgIpc) is 1.32. The van der Waals surface area contributed by atoms with Crippen molar-refractivity contribution in [2.75, 3.05) is 0 Å². The van der Waals surface area contributed by atoms with Crippen LogP contribution in [0.3, 0.4) is 0 Å². The minimum absolute atomic E-state index is 0.540. The predicted molar refractivity (Wildman–Crippen MR) is 535 cm³/mol. The van der Waals surface area contributed by atoms with Crippen LogP contribution in [0.2, 0.25) is 0 Å². The molecule has 0 amide bonds. The highest BCUT2D eigenvalue weighted by Crippen LogP contribution is 2.53. The summed E-state index contributed by atoms with van der Waals surface area (Å²) in [5, 5.41) is 14.9. The van der Waals surface area contributed by atoms with Crippen LogP contribution >= 0.6 is 0 Å². The van der Waals surface area contributed by atoms with E-state index in [1.807, 2.05) is 42.5 Å². The fourth-order valence-corrected chi connectivity index (χ4v) is 20.3. The lowest BCUT2D eigenvalue weighted by atomic mass is 9.82. The molecule has 26 aromatic rings. The van der Waals surface area contributed by atoms with E-state index in [0.717, 1.165) is 237 Å². The second kappa shape index (κ2) is 30.2. The summed E-state index contributed by atoms with van der Waals surface area (Å²) < 4.78 is 28.0. The maximum absolute atomic E-state index is 7.35. The lowest BCUT2D eigenvalue weighted by Crippen LogP contribution is -2.01. The molecule has 0 aliphatic heterocycles. The third-order valence-corrected chi connectivity index (χ3v) is 26.2. The minimum Gasteiger partial charge on any atom is -0.455 e. The van der Waals surface area contributed by atoms with Crippen LogP contribution in [0.4, 0.5) is 0 Å². The zero-order chi connectivity index (χ0) is 85.4. The molecular weight excluding hydrogens is 1590 g/mol. The molecule has 8 heteroatoms. The number of fused-ring (bicyclic) bond motifs is 15. The zero-order valence-corrected chi connectivity index (χ0v) is 70.0. The molecule has 26 rings (SSSR count). The van der Waals surface area contributed by atoms with Crippen molar-refractivity contribution in [3.8, 4) is 157 Å². The number of hydrogen-bond acceptors (Lipinski definition) is 8. The summed E-state index contributed by atoms with van der Waals surface area (Å²) in [6.45, 7) is 0. The molecule has 0 N–H and O–H groups in total. The maximum atomic E-state index is 7.35. The van der Waals surface area contributed by atoms with Gasteiger partial charge in [0.15, 0.2) is 11.6 Å². The van der Waals surface area contributed by atoms with Gasteiger partial charge in [0.25, 0.3) is 0 Å². The van der Waals surface area contributed by atoms with Crippen LogP contribution in [-0.2, 0) is 0 Å². The van der Waals surface area contributed by atoms with E-state index in [2.05, 4.69) is 394 Å². The molecule has 0 saturated heterocycles. The second-order valence-corrected chi connectivity index (χ2v) is 33.5. The maximum Gasteiger partial charge on any atom is 0.161 e. The highest BCUT2D eigenvalue weighted by molar-refractivity contribution is 6.19.